The molecule has 3 fully saturated rings. The van der Waals surface area contributed by atoms with Crippen LogP contribution in [0.1, 0.15) is 163 Å². The van der Waals surface area contributed by atoms with E-state index < -0.39 is 0 Å². The number of nitrogens with zero attached hydrogens (tertiary/aromatic N) is 4. The summed E-state index contributed by atoms with van der Waals surface area (Å²) in [6, 6.07) is 8.89. The molecule has 3 aliphatic rings. The predicted octanol–water partition coefficient (Wildman–Crippen LogP) is 10.2. The highest BCUT2D eigenvalue weighted by atomic mass is 16.5. The van der Waals surface area contributed by atoms with Crippen molar-refractivity contribution in [3.63, 3.8) is 0 Å². The maximum absolute atomic E-state index is 11.6. The number of rotatable bonds is 24. The Balaban J connectivity index is 1.30. The van der Waals surface area contributed by atoms with E-state index in [1.54, 1.807) is 0 Å². The summed E-state index contributed by atoms with van der Waals surface area (Å²) < 4.78 is 11.2. The van der Waals surface area contributed by atoms with Crippen LogP contribution in [0.5, 0.6) is 11.5 Å². The Kier molecular flexibility index (Phi) is 20.2. The number of hydrogen-bond acceptors (Lipinski definition) is 8. The van der Waals surface area contributed by atoms with Crippen LogP contribution in [0.3, 0.4) is 0 Å². The fraction of sp³-hybridized carbons (Fsp3) is 0.708. The largest absolute Gasteiger partial charge is 0.507 e. The van der Waals surface area contributed by atoms with Crippen LogP contribution in [0, 0.1) is 0 Å². The van der Waals surface area contributed by atoms with Crippen molar-refractivity contribution in [2.24, 2.45) is 9.98 Å². The zero-order valence-electron chi connectivity index (χ0n) is 35.3. The zero-order chi connectivity index (χ0) is 39.2. The summed E-state index contributed by atoms with van der Waals surface area (Å²) in [5.74, 6) is 0.713. The summed E-state index contributed by atoms with van der Waals surface area (Å²) in [6.45, 7) is 12.5. The molecule has 1 saturated carbocycles. The Morgan fingerprint density at radius 2 is 0.929 bits per heavy atom. The number of morpholine rings is 2. The van der Waals surface area contributed by atoms with E-state index in [0.717, 1.165) is 126 Å². The first-order chi connectivity index (χ1) is 27.5. The molecule has 8 nitrogen and oxygen atoms in total. The number of hydrogen-bond donors (Lipinski definition) is 2. The summed E-state index contributed by atoms with van der Waals surface area (Å²) in [6.07, 6.45) is 28.2. The number of phenols is 2. The number of unbranched alkanes of at least 4 members (excludes halogenated alkanes) is 12. The van der Waals surface area contributed by atoms with Gasteiger partial charge in [-0.2, -0.15) is 0 Å². The molecule has 56 heavy (non-hydrogen) atoms. The summed E-state index contributed by atoms with van der Waals surface area (Å²) in [5, 5.41) is 23.2. The Morgan fingerprint density at radius 3 is 1.32 bits per heavy atom. The van der Waals surface area contributed by atoms with Crippen LogP contribution >= 0.6 is 0 Å². The van der Waals surface area contributed by atoms with Crippen molar-refractivity contribution >= 4 is 12.4 Å². The van der Waals surface area contributed by atoms with Gasteiger partial charge in [-0.05, 0) is 61.8 Å². The minimum atomic E-state index is 0.0414. The lowest BCUT2D eigenvalue weighted by Crippen LogP contribution is -2.35. The maximum Gasteiger partial charge on any atom is 0.128 e. The minimum Gasteiger partial charge on any atom is -0.507 e. The second-order valence-electron chi connectivity index (χ2n) is 16.9. The fourth-order valence-corrected chi connectivity index (χ4v) is 8.67. The number of benzene rings is 2. The van der Waals surface area contributed by atoms with Gasteiger partial charge in [0, 0.05) is 74.0 Å². The Labute approximate surface area is 340 Å². The van der Waals surface area contributed by atoms with Gasteiger partial charge in [-0.15, -0.1) is 0 Å². The van der Waals surface area contributed by atoms with Gasteiger partial charge in [-0.3, -0.25) is 19.8 Å². The number of ether oxygens (including phenoxy) is 2. The maximum atomic E-state index is 11.6. The summed E-state index contributed by atoms with van der Waals surface area (Å²) >= 11 is 0. The lowest BCUT2D eigenvalue weighted by atomic mass is 9.91. The van der Waals surface area contributed by atoms with Crippen LogP contribution in [-0.2, 0) is 35.4 Å². The third-order valence-corrected chi connectivity index (χ3v) is 12.2. The quantitative estimate of drug-likeness (QED) is 0.0816. The molecule has 0 aromatic heterocycles. The standard InChI is InChI=1S/C48H76N4O4/c1-3-5-7-9-11-13-15-19-39-31-41(47(53)43(33-39)37-51-23-27-55-28-24-51)35-49-45-21-17-18-22-46(45)50-36-42-32-40(20-16-14-12-10-8-6-4-2)34-44(48(42)54)38-52-25-29-56-30-26-52/h31-36,45-46,53-54H,3-30,37-38H2,1-2H3/t45-,46-/m1/s1. The van der Waals surface area contributed by atoms with Gasteiger partial charge < -0.3 is 19.7 Å². The second kappa shape index (κ2) is 25.6. The molecule has 2 N–H and O–H groups in total. The predicted molar refractivity (Wildman–Crippen MR) is 233 cm³/mol. The molecule has 0 unspecified atom stereocenters. The van der Waals surface area contributed by atoms with Gasteiger partial charge in [0.1, 0.15) is 11.5 Å². The first-order valence-electron chi connectivity index (χ1n) is 22.9. The topological polar surface area (TPSA) is 90.1 Å². The van der Waals surface area contributed by atoms with Crippen LogP contribution in [-0.4, -0.2) is 97.1 Å². The van der Waals surface area contributed by atoms with Crippen molar-refractivity contribution in [3.05, 3.63) is 57.6 Å². The molecule has 8 heteroatoms. The van der Waals surface area contributed by atoms with E-state index in [4.69, 9.17) is 19.5 Å². The molecule has 2 aromatic carbocycles. The molecule has 1 aliphatic carbocycles. The Morgan fingerprint density at radius 1 is 0.554 bits per heavy atom. The third kappa shape index (κ3) is 15.2. The van der Waals surface area contributed by atoms with Crippen LogP contribution in [0.4, 0.5) is 0 Å². The van der Waals surface area contributed by atoms with Gasteiger partial charge in [0.2, 0.25) is 0 Å². The molecular weight excluding hydrogens is 697 g/mol. The molecule has 2 saturated heterocycles. The molecule has 0 amide bonds. The average Bonchev–Trinajstić information content (AvgIpc) is 3.22. The van der Waals surface area contributed by atoms with Crippen molar-refractivity contribution in [2.45, 2.75) is 167 Å². The zero-order valence-corrected chi connectivity index (χ0v) is 35.3. The number of aryl methyl sites for hydroxylation is 2. The van der Waals surface area contributed by atoms with Crippen LogP contribution in [0.15, 0.2) is 34.3 Å². The van der Waals surface area contributed by atoms with Gasteiger partial charge in [0.05, 0.1) is 38.5 Å². The molecular formula is C48H76N4O4. The normalized spacial score (nSPS) is 20.1. The van der Waals surface area contributed by atoms with E-state index in [0.29, 0.717) is 11.5 Å². The highest BCUT2D eigenvalue weighted by molar-refractivity contribution is 5.85. The fourth-order valence-electron chi connectivity index (χ4n) is 8.67. The third-order valence-electron chi connectivity index (χ3n) is 12.2. The Hall–Kier alpha value is -2.78. The van der Waals surface area contributed by atoms with Crippen LogP contribution < -0.4 is 0 Å². The first kappa shape index (κ1) is 44.3. The minimum absolute atomic E-state index is 0.0414. The number of aliphatic imine (C=N–C) groups is 2. The molecule has 312 valence electrons. The van der Waals surface area contributed by atoms with Gasteiger partial charge in [0.25, 0.3) is 0 Å². The first-order valence-corrected chi connectivity index (χ1v) is 22.9. The van der Waals surface area contributed by atoms with Crippen molar-refractivity contribution in [1.29, 1.82) is 0 Å². The Bertz CT molecular complexity index is 1360. The molecule has 0 radical (unpaired) electrons. The molecule has 0 bridgehead atoms. The van der Waals surface area contributed by atoms with Crippen molar-refractivity contribution in [2.75, 3.05) is 52.6 Å². The van der Waals surface area contributed by atoms with Gasteiger partial charge in [-0.25, -0.2) is 0 Å². The van der Waals surface area contributed by atoms with Gasteiger partial charge in [-0.1, -0.05) is 116 Å². The number of aromatic hydroxyl groups is 2. The lowest BCUT2D eigenvalue weighted by molar-refractivity contribution is 0.0338. The van der Waals surface area contributed by atoms with E-state index in [1.165, 1.54) is 101 Å². The van der Waals surface area contributed by atoms with E-state index >= 15 is 0 Å². The highest BCUT2D eigenvalue weighted by Gasteiger charge is 2.24. The average molecular weight is 773 g/mol. The smallest absolute Gasteiger partial charge is 0.128 e. The van der Waals surface area contributed by atoms with Crippen molar-refractivity contribution in [3.8, 4) is 11.5 Å². The highest BCUT2D eigenvalue weighted by Crippen LogP contribution is 2.30. The second-order valence-corrected chi connectivity index (χ2v) is 16.9. The molecule has 2 aromatic rings. The van der Waals surface area contributed by atoms with Crippen molar-refractivity contribution < 1.29 is 19.7 Å². The molecule has 5 rings (SSSR count). The summed E-state index contributed by atoms with van der Waals surface area (Å²) in [5.41, 5.74) is 6.22. The SMILES string of the molecule is CCCCCCCCCc1cc(C=N[C@@H]2CCCC[C@H]2N=Cc2cc(CCCCCCCCC)cc(CN3CCOCC3)c2O)c(O)c(CN2CCOCC2)c1. The van der Waals surface area contributed by atoms with E-state index in [9.17, 15) is 10.2 Å². The molecule has 2 atom stereocenters. The van der Waals surface area contributed by atoms with E-state index in [2.05, 4.69) is 47.9 Å². The molecule has 2 aliphatic heterocycles. The van der Waals surface area contributed by atoms with Gasteiger partial charge >= 0.3 is 0 Å². The van der Waals surface area contributed by atoms with E-state index in [-0.39, 0.29) is 12.1 Å². The van der Waals surface area contributed by atoms with E-state index in [1.807, 2.05) is 12.4 Å². The van der Waals surface area contributed by atoms with Crippen LogP contribution in [0.2, 0.25) is 0 Å². The molecule has 0 spiro atoms. The van der Waals surface area contributed by atoms with Gasteiger partial charge in [0.15, 0.2) is 0 Å². The summed E-state index contributed by atoms with van der Waals surface area (Å²) in [7, 11) is 0. The van der Waals surface area contributed by atoms with Crippen LogP contribution in [0.25, 0.3) is 0 Å². The summed E-state index contributed by atoms with van der Waals surface area (Å²) in [4.78, 5) is 15.1. The molecule has 2 heterocycles. The van der Waals surface area contributed by atoms with Crippen molar-refractivity contribution in [1.82, 2.24) is 9.80 Å². The lowest BCUT2D eigenvalue weighted by Gasteiger charge is -2.27. The number of phenolic OH excluding ortho intramolecular Hbond substituents is 2. The monoisotopic (exact) mass is 773 g/mol.